The Labute approximate surface area is 39.4 Å². The highest BCUT2D eigenvalue weighted by Gasteiger charge is 1.74. The highest BCUT2D eigenvalue weighted by atomic mass is 79.9. The van der Waals surface area contributed by atoms with Crippen molar-refractivity contribution in [1.82, 2.24) is 0 Å². The molecule has 0 rings (SSSR count). The first-order valence-electron chi connectivity index (χ1n) is 1.18. The van der Waals surface area contributed by atoms with E-state index >= 15 is 0 Å². The third-order valence-corrected chi connectivity index (χ3v) is 0.386. The molecule has 0 N–H and O–H groups in total. The highest BCUT2D eigenvalue weighted by Crippen LogP contribution is 1.95. The van der Waals surface area contributed by atoms with Gasteiger partial charge in [0.15, 0.2) is 0 Å². The van der Waals surface area contributed by atoms with Gasteiger partial charge in [-0.2, -0.15) is 0 Å². The Morgan fingerprint density at radius 2 is 2.20 bits per heavy atom. The van der Waals surface area contributed by atoms with Crippen molar-refractivity contribution in [3.05, 3.63) is 11.1 Å². The van der Waals surface area contributed by atoms with Gasteiger partial charge in [-0.1, -0.05) is 22.5 Å². The summed E-state index contributed by atoms with van der Waals surface area (Å²) in [4.78, 5) is 0. The summed E-state index contributed by atoms with van der Waals surface area (Å²) in [5.41, 5.74) is 0. The predicted octanol–water partition coefficient (Wildman–Crippen LogP) is 1.33. The molecule has 1 radical (unpaired) electrons. The minimum Gasteiger partial charge on any atom is -0.231 e. The van der Waals surface area contributed by atoms with Gasteiger partial charge in [0, 0.05) is 4.48 Å². The Bertz CT molecular complexity index is 42.2. The fourth-order valence-corrected chi connectivity index (χ4v) is 0. The van der Waals surface area contributed by atoms with Crippen molar-refractivity contribution >= 4 is 15.9 Å². The zero-order valence-corrected chi connectivity index (χ0v) is 4.29. The fraction of sp³-hybridized carbons (Fsp3) is 0.333. The highest BCUT2D eigenvalue weighted by molar-refractivity contribution is 9.11. The molecular weight excluding hydrogens is 132 g/mol. The van der Waals surface area contributed by atoms with Gasteiger partial charge in [0.05, 0.1) is 0 Å². The molecule has 0 unspecified atom stereocenters. The van der Waals surface area contributed by atoms with E-state index in [0.29, 0.717) is 4.48 Å². The molecule has 0 aromatic rings. The van der Waals surface area contributed by atoms with Crippen LogP contribution in [-0.4, -0.2) is 6.61 Å². The molecule has 0 saturated heterocycles. The number of rotatable bonds is 1. The maximum absolute atomic E-state index is 9.48. The maximum atomic E-state index is 9.48. The molecule has 0 aliphatic carbocycles. The Morgan fingerprint density at radius 1 is 2.00 bits per heavy atom. The van der Waals surface area contributed by atoms with Crippen LogP contribution in [0.3, 0.4) is 0 Å². The molecule has 0 spiro atoms. The molecule has 0 aliphatic rings. The second kappa shape index (κ2) is 2.42. The van der Waals surface area contributed by atoms with E-state index in [0.717, 1.165) is 0 Å². The van der Waals surface area contributed by atoms with Gasteiger partial charge in [-0.25, -0.2) is 5.11 Å². The summed E-state index contributed by atoms with van der Waals surface area (Å²) in [6.45, 7) is 3.06. The van der Waals surface area contributed by atoms with Crippen LogP contribution >= 0.6 is 15.9 Å². The molecule has 29 valence electrons. The minimum atomic E-state index is -0.222. The van der Waals surface area contributed by atoms with Crippen LogP contribution in [0.4, 0.5) is 0 Å². The Morgan fingerprint density at radius 3 is 2.20 bits per heavy atom. The summed E-state index contributed by atoms with van der Waals surface area (Å²) in [5.74, 6) is 0. The van der Waals surface area contributed by atoms with E-state index in [9.17, 15) is 5.11 Å². The van der Waals surface area contributed by atoms with E-state index in [2.05, 4.69) is 22.5 Å². The number of hydrogen-bond donors (Lipinski definition) is 0. The largest absolute Gasteiger partial charge is 0.231 e. The van der Waals surface area contributed by atoms with Crippen LogP contribution in [0.5, 0.6) is 0 Å². The topological polar surface area (TPSA) is 19.9 Å². The van der Waals surface area contributed by atoms with Gasteiger partial charge in [-0.15, -0.1) is 0 Å². The van der Waals surface area contributed by atoms with Crippen molar-refractivity contribution in [3.63, 3.8) is 0 Å². The first-order valence-corrected chi connectivity index (χ1v) is 1.98. The van der Waals surface area contributed by atoms with Crippen LogP contribution in [0.1, 0.15) is 0 Å². The van der Waals surface area contributed by atoms with E-state index in [1.54, 1.807) is 0 Å². The van der Waals surface area contributed by atoms with Crippen molar-refractivity contribution in [2.24, 2.45) is 0 Å². The van der Waals surface area contributed by atoms with Gasteiger partial charge in [-0.05, 0) is 0 Å². The van der Waals surface area contributed by atoms with Gasteiger partial charge in [-0.3, -0.25) is 0 Å². The zero-order valence-electron chi connectivity index (χ0n) is 2.70. The van der Waals surface area contributed by atoms with Crippen LogP contribution in [0.2, 0.25) is 0 Å². The molecule has 0 aromatic heterocycles. The van der Waals surface area contributed by atoms with Crippen molar-refractivity contribution in [3.8, 4) is 0 Å². The lowest BCUT2D eigenvalue weighted by molar-refractivity contribution is 0.230. The molecule has 0 aliphatic heterocycles. The van der Waals surface area contributed by atoms with Gasteiger partial charge < -0.3 is 0 Å². The van der Waals surface area contributed by atoms with Crippen LogP contribution in [0, 0.1) is 0 Å². The second-order valence-electron chi connectivity index (χ2n) is 0.662. The van der Waals surface area contributed by atoms with E-state index < -0.39 is 0 Å². The quantitative estimate of drug-likeness (QED) is 0.518. The van der Waals surface area contributed by atoms with Crippen LogP contribution in [-0.2, 0) is 5.11 Å². The summed E-state index contributed by atoms with van der Waals surface area (Å²) >= 11 is 2.87. The monoisotopic (exact) mass is 135 g/mol. The molecule has 0 fully saturated rings. The van der Waals surface area contributed by atoms with Crippen LogP contribution < -0.4 is 0 Å². The van der Waals surface area contributed by atoms with E-state index in [1.807, 2.05) is 0 Å². The SMILES string of the molecule is C=C(Br)C[O]. The molecule has 2 heteroatoms. The van der Waals surface area contributed by atoms with Crippen LogP contribution in [0.25, 0.3) is 0 Å². The molecule has 0 aromatic carbocycles. The molecule has 1 nitrogen and oxygen atoms in total. The van der Waals surface area contributed by atoms with Gasteiger partial charge in [0.25, 0.3) is 0 Å². The van der Waals surface area contributed by atoms with Crippen LogP contribution in [0.15, 0.2) is 11.1 Å². The summed E-state index contributed by atoms with van der Waals surface area (Å²) in [5, 5.41) is 9.48. The predicted molar refractivity (Wildman–Crippen MR) is 23.6 cm³/mol. The summed E-state index contributed by atoms with van der Waals surface area (Å²) in [6.07, 6.45) is 0. The molecule has 0 bridgehead atoms. The average Bonchev–Trinajstić information content (AvgIpc) is 1.38. The van der Waals surface area contributed by atoms with Gasteiger partial charge in [0.1, 0.15) is 6.61 Å². The Balaban J connectivity index is 2.85. The zero-order chi connectivity index (χ0) is 4.28. The first kappa shape index (κ1) is 5.18. The number of halogens is 1. The minimum absolute atomic E-state index is 0.222. The fourth-order valence-electron chi connectivity index (χ4n) is 0. The molecule has 5 heavy (non-hydrogen) atoms. The lowest BCUT2D eigenvalue weighted by Crippen LogP contribution is -1.69. The van der Waals surface area contributed by atoms with Crippen molar-refractivity contribution in [1.29, 1.82) is 0 Å². The molecular formula is C3H4BrO. The number of hydrogen-bond acceptors (Lipinski definition) is 0. The first-order chi connectivity index (χ1) is 2.27. The molecule has 0 saturated carbocycles. The van der Waals surface area contributed by atoms with Gasteiger partial charge >= 0.3 is 0 Å². The summed E-state index contributed by atoms with van der Waals surface area (Å²) < 4.78 is 0.512. The third kappa shape index (κ3) is 4.18. The summed E-state index contributed by atoms with van der Waals surface area (Å²) in [7, 11) is 0. The Hall–Kier alpha value is 0.180. The molecule has 0 atom stereocenters. The van der Waals surface area contributed by atoms with E-state index in [-0.39, 0.29) is 6.61 Å². The standard InChI is InChI=1S/C3H4BrO/c1-3(4)2-5/h1-2H2. The molecule has 0 heterocycles. The Kier molecular flexibility index (Phi) is 2.51. The van der Waals surface area contributed by atoms with Crippen molar-refractivity contribution in [2.45, 2.75) is 0 Å². The van der Waals surface area contributed by atoms with E-state index in [1.165, 1.54) is 0 Å². The summed E-state index contributed by atoms with van der Waals surface area (Å²) in [6, 6.07) is 0. The van der Waals surface area contributed by atoms with Crippen molar-refractivity contribution < 1.29 is 5.11 Å². The third-order valence-electron chi connectivity index (χ3n) is 0.157. The smallest absolute Gasteiger partial charge is 0.113 e. The van der Waals surface area contributed by atoms with Crippen molar-refractivity contribution in [2.75, 3.05) is 6.61 Å². The second-order valence-corrected chi connectivity index (χ2v) is 1.78. The normalized spacial score (nSPS) is 7.60. The van der Waals surface area contributed by atoms with Gasteiger partial charge in [0.2, 0.25) is 0 Å². The van der Waals surface area contributed by atoms with E-state index in [4.69, 9.17) is 0 Å². The lowest BCUT2D eigenvalue weighted by Gasteiger charge is -1.73. The molecule has 0 amide bonds. The average molecular weight is 136 g/mol. The lowest BCUT2D eigenvalue weighted by atomic mass is 10.7. The maximum Gasteiger partial charge on any atom is 0.113 e.